The van der Waals surface area contributed by atoms with Gasteiger partial charge in [-0.3, -0.25) is 4.99 Å². The molecule has 0 aromatic heterocycles. The molecule has 0 aliphatic rings. The van der Waals surface area contributed by atoms with Crippen LogP contribution in [0.15, 0.2) is 34.2 Å². The number of guanidine groups is 1. The van der Waals surface area contributed by atoms with Crippen molar-refractivity contribution in [3.8, 4) is 0 Å². The van der Waals surface area contributed by atoms with Gasteiger partial charge in [0, 0.05) is 20.1 Å². The predicted molar refractivity (Wildman–Crippen MR) is 95.0 cm³/mol. The third kappa shape index (κ3) is 7.00. The Balaban J connectivity index is 2.43. The Kier molecular flexibility index (Phi) is 8.05. The van der Waals surface area contributed by atoms with Crippen LogP contribution in [0.4, 0.5) is 0 Å². The largest absolute Gasteiger partial charge is 0.356 e. The molecule has 7 heteroatoms. The second kappa shape index (κ2) is 9.52. The molecule has 0 unspecified atom stereocenters. The zero-order valence-electron chi connectivity index (χ0n) is 14.2. The SMILES string of the molecule is CCC(CC)CNC(=NC)NCCc1ccc(S(N)(=O)=O)cc1. The summed E-state index contributed by atoms with van der Waals surface area (Å²) in [5.41, 5.74) is 1.04. The zero-order valence-corrected chi connectivity index (χ0v) is 15.0. The maximum atomic E-state index is 11.2. The average Bonchev–Trinajstić information content (AvgIpc) is 2.53. The van der Waals surface area contributed by atoms with Crippen LogP contribution in [-0.4, -0.2) is 34.5 Å². The van der Waals surface area contributed by atoms with Gasteiger partial charge in [0.1, 0.15) is 0 Å². The zero-order chi connectivity index (χ0) is 17.3. The van der Waals surface area contributed by atoms with E-state index in [2.05, 4.69) is 29.5 Å². The lowest BCUT2D eigenvalue weighted by molar-refractivity contribution is 0.481. The quantitative estimate of drug-likeness (QED) is 0.493. The lowest BCUT2D eigenvalue weighted by Crippen LogP contribution is -2.40. The monoisotopic (exact) mass is 340 g/mol. The normalized spacial score (nSPS) is 12.5. The number of nitrogens with two attached hydrogens (primary N) is 1. The summed E-state index contributed by atoms with van der Waals surface area (Å²) in [5, 5.41) is 11.7. The first-order valence-electron chi connectivity index (χ1n) is 7.96. The van der Waals surface area contributed by atoms with Crippen LogP contribution < -0.4 is 15.8 Å². The Morgan fingerprint density at radius 1 is 1.17 bits per heavy atom. The summed E-state index contributed by atoms with van der Waals surface area (Å²) in [4.78, 5) is 4.34. The van der Waals surface area contributed by atoms with Crippen LogP contribution >= 0.6 is 0 Å². The highest BCUT2D eigenvalue weighted by Crippen LogP contribution is 2.09. The van der Waals surface area contributed by atoms with Gasteiger partial charge in [-0.2, -0.15) is 0 Å². The molecule has 1 rings (SSSR count). The Morgan fingerprint density at radius 3 is 2.26 bits per heavy atom. The Hall–Kier alpha value is -1.60. The number of sulfonamides is 1. The van der Waals surface area contributed by atoms with Crippen LogP contribution in [0.25, 0.3) is 0 Å². The minimum absolute atomic E-state index is 0.136. The van der Waals surface area contributed by atoms with E-state index in [4.69, 9.17) is 5.14 Å². The van der Waals surface area contributed by atoms with Crippen molar-refractivity contribution in [2.24, 2.45) is 16.0 Å². The van der Waals surface area contributed by atoms with Crippen LogP contribution in [0.3, 0.4) is 0 Å². The molecule has 0 saturated heterocycles. The number of aliphatic imine (C=N–C) groups is 1. The van der Waals surface area contributed by atoms with Crippen molar-refractivity contribution >= 4 is 16.0 Å². The van der Waals surface area contributed by atoms with Crippen molar-refractivity contribution in [2.75, 3.05) is 20.1 Å². The number of benzene rings is 1. The van der Waals surface area contributed by atoms with Crippen LogP contribution in [-0.2, 0) is 16.4 Å². The number of nitrogens with zero attached hydrogens (tertiary/aromatic N) is 1. The summed E-state index contributed by atoms with van der Waals surface area (Å²) >= 11 is 0. The second-order valence-corrected chi connectivity index (χ2v) is 7.06. The highest BCUT2D eigenvalue weighted by atomic mass is 32.2. The van der Waals surface area contributed by atoms with Crippen LogP contribution in [0, 0.1) is 5.92 Å². The van der Waals surface area contributed by atoms with Crippen molar-refractivity contribution in [3.05, 3.63) is 29.8 Å². The van der Waals surface area contributed by atoms with E-state index in [1.165, 1.54) is 12.1 Å². The summed E-state index contributed by atoms with van der Waals surface area (Å²) < 4.78 is 22.4. The fourth-order valence-electron chi connectivity index (χ4n) is 2.21. The van der Waals surface area contributed by atoms with Gasteiger partial charge >= 0.3 is 0 Å². The fraction of sp³-hybridized carbons (Fsp3) is 0.562. The molecular formula is C16H28N4O2S. The Labute approximate surface area is 139 Å². The smallest absolute Gasteiger partial charge is 0.238 e. The molecule has 0 radical (unpaired) electrons. The summed E-state index contributed by atoms with van der Waals surface area (Å²) in [6.07, 6.45) is 3.07. The molecule has 6 nitrogen and oxygen atoms in total. The van der Waals surface area contributed by atoms with E-state index < -0.39 is 10.0 Å². The van der Waals surface area contributed by atoms with Crippen molar-refractivity contribution in [1.29, 1.82) is 0 Å². The second-order valence-electron chi connectivity index (χ2n) is 5.50. The molecule has 0 fully saturated rings. The van der Waals surface area contributed by atoms with Gasteiger partial charge in [0.25, 0.3) is 0 Å². The fourth-order valence-corrected chi connectivity index (χ4v) is 2.73. The molecule has 23 heavy (non-hydrogen) atoms. The van der Waals surface area contributed by atoms with Gasteiger partial charge in [-0.15, -0.1) is 0 Å². The lowest BCUT2D eigenvalue weighted by Gasteiger charge is -2.16. The maximum Gasteiger partial charge on any atom is 0.238 e. The van der Waals surface area contributed by atoms with Crippen molar-refractivity contribution in [2.45, 2.75) is 38.0 Å². The first kappa shape index (κ1) is 19.4. The summed E-state index contributed by atoms with van der Waals surface area (Å²) in [7, 11) is -1.87. The van der Waals surface area contributed by atoms with E-state index in [1.54, 1.807) is 19.2 Å². The maximum absolute atomic E-state index is 11.2. The highest BCUT2D eigenvalue weighted by Gasteiger charge is 2.07. The molecule has 0 aliphatic carbocycles. The van der Waals surface area contributed by atoms with Crippen molar-refractivity contribution in [3.63, 3.8) is 0 Å². The Bertz CT molecular complexity index is 593. The van der Waals surface area contributed by atoms with Crippen LogP contribution in [0.2, 0.25) is 0 Å². The summed E-state index contributed by atoms with van der Waals surface area (Å²) in [6.45, 7) is 6.02. The van der Waals surface area contributed by atoms with Gasteiger partial charge in [0.2, 0.25) is 10.0 Å². The predicted octanol–water partition coefficient (Wildman–Crippen LogP) is 1.48. The summed E-state index contributed by atoms with van der Waals surface area (Å²) in [6, 6.07) is 6.62. The van der Waals surface area contributed by atoms with Crippen molar-refractivity contribution in [1.82, 2.24) is 10.6 Å². The molecular weight excluding hydrogens is 312 g/mol. The molecule has 0 saturated carbocycles. The number of rotatable bonds is 8. The van der Waals surface area contributed by atoms with E-state index in [1.807, 2.05) is 0 Å². The molecule has 0 spiro atoms. The van der Waals surface area contributed by atoms with Gasteiger partial charge in [0.15, 0.2) is 5.96 Å². The minimum Gasteiger partial charge on any atom is -0.356 e. The van der Waals surface area contributed by atoms with Gasteiger partial charge in [0.05, 0.1) is 4.90 Å². The number of hydrogen-bond donors (Lipinski definition) is 3. The first-order valence-corrected chi connectivity index (χ1v) is 9.51. The van der Waals surface area contributed by atoms with E-state index in [-0.39, 0.29) is 4.90 Å². The standard InChI is InChI=1S/C16H28N4O2S/c1-4-13(5-2)12-20-16(18-3)19-11-10-14-6-8-15(9-7-14)23(17,21)22/h6-9,13H,4-5,10-12H2,1-3H3,(H2,17,21,22)(H2,18,19,20). The number of nitrogens with one attached hydrogen (secondary N) is 2. The molecule has 1 aromatic rings. The molecule has 1 aromatic carbocycles. The molecule has 0 amide bonds. The van der Waals surface area contributed by atoms with Gasteiger partial charge < -0.3 is 10.6 Å². The molecule has 130 valence electrons. The minimum atomic E-state index is -3.62. The third-order valence-electron chi connectivity index (χ3n) is 3.89. The molecule has 0 atom stereocenters. The molecule has 0 aliphatic heterocycles. The highest BCUT2D eigenvalue weighted by molar-refractivity contribution is 7.89. The number of primary sulfonamides is 1. The first-order chi connectivity index (χ1) is 10.9. The van der Waals surface area contributed by atoms with Gasteiger partial charge in [-0.25, -0.2) is 13.6 Å². The number of hydrogen-bond acceptors (Lipinski definition) is 3. The summed E-state index contributed by atoms with van der Waals surface area (Å²) in [5.74, 6) is 1.44. The molecule has 4 N–H and O–H groups in total. The van der Waals surface area contributed by atoms with Crippen LogP contribution in [0.5, 0.6) is 0 Å². The third-order valence-corrected chi connectivity index (χ3v) is 4.82. The van der Waals surface area contributed by atoms with Crippen molar-refractivity contribution < 1.29 is 8.42 Å². The van der Waals surface area contributed by atoms with Gasteiger partial charge in [-0.1, -0.05) is 38.8 Å². The topological polar surface area (TPSA) is 96.6 Å². The average molecular weight is 340 g/mol. The van der Waals surface area contributed by atoms with Crippen LogP contribution in [0.1, 0.15) is 32.3 Å². The Morgan fingerprint density at radius 2 is 1.78 bits per heavy atom. The lowest BCUT2D eigenvalue weighted by atomic mass is 10.0. The molecule has 0 bridgehead atoms. The van der Waals surface area contributed by atoms with E-state index >= 15 is 0 Å². The van der Waals surface area contributed by atoms with Gasteiger partial charge in [-0.05, 0) is 30.0 Å². The van der Waals surface area contributed by atoms with E-state index in [0.29, 0.717) is 5.92 Å². The van der Waals surface area contributed by atoms with E-state index in [0.717, 1.165) is 43.9 Å². The van der Waals surface area contributed by atoms with E-state index in [9.17, 15) is 8.42 Å². The molecule has 0 heterocycles.